The van der Waals surface area contributed by atoms with Crippen molar-refractivity contribution in [1.82, 2.24) is 14.6 Å². The zero-order valence-corrected chi connectivity index (χ0v) is 14.7. The van der Waals surface area contributed by atoms with Crippen LogP contribution in [0.2, 0.25) is 0 Å². The Morgan fingerprint density at radius 2 is 2.08 bits per heavy atom. The van der Waals surface area contributed by atoms with Crippen LogP contribution in [-0.4, -0.2) is 33.4 Å². The Morgan fingerprint density at radius 3 is 2.72 bits per heavy atom. The van der Waals surface area contributed by atoms with E-state index in [0.29, 0.717) is 17.8 Å². The molecular weight excluding hydrogens is 318 g/mol. The minimum Gasteiger partial charge on any atom is -0.364 e. The molecule has 0 aliphatic heterocycles. The molecule has 2 aromatic heterocycles. The van der Waals surface area contributed by atoms with Crippen molar-refractivity contribution in [3.63, 3.8) is 0 Å². The SMILES string of the molecule is CCc1cccc2c(C(C)=O)cn(CC(=O)N(C)Cc3ccon3)c12. The number of hydrogen-bond acceptors (Lipinski definition) is 4. The van der Waals surface area contributed by atoms with Crippen molar-refractivity contribution in [2.45, 2.75) is 33.4 Å². The maximum atomic E-state index is 12.6. The summed E-state index contributed by atoms with van der Waals surface area (Å²) in [5.41, 5.74) is 3.43. The lowest BCUT2D eigenvalue weighted by atomic mass is 10.1. The van der Waals surface area contributed by atoms with Crippen LogP contribution in [-0.2, 0) is 24.3 Å². The van der Waals surface area contributed by atoms with Gasteiger partial charge in [0.2, 0.25) is 5.91 Å². The van der Waals surface area contributed by atoms with Crippen molar-refractivity contribution in [1.29, 1.82) is 0 Å². The molecule has 6 heteroatoms. The van der Waals surface area contributed by atoms with Gasteiger partial charge in [0.05, 0.1) is 12.1 Å². The number of benzene rings is 1. The summed E-state index contributed by atoms with van der Waals surface area (Å²) in [5.74, 6) is -0.0543. The number of carbonyl (C=O) groups excluding carboxylic acids is 2. The Bertz CT molecular complexity index is 910. The Hall–Kier alpha value is -2.89. The molecule has 0 spiro atoms. The van der Waals surface area contributed by atoms with Crippen molar-refractivity contribution in [3.05, 3.63) is 53.5 Å². The second kappa shape index (κ2) is 6.93. The van der Waals surface area contributed by atoms with Crippen LogP contribution in [0, 0.1) is 0 Å². The van der Waals surface area contributed by atoms with E-state index in [-0.39, 0.29) is 18.2 Å². The highest BCUT2D eigenvalue weighted by Gasteiger charge is 2.18. The highest BCUT2D eigenvalue weighted by Crippen LogP contribution is 2.26. The summed E-state index contributed by atoms with van der Waals surface area (Å²) in [6, 6.07) is 7.66. The van der Waals surface area contributed by atoms with Crippen molar-refractivity contribution in [2.75, 3.05) is 7.05 Å². The quantitative estimate of drug-likeness (QED) is 0.647. The molecule has 0 bridgehead atoms. The molecule has 0 saturated carbocycles. The van der Waals surface area contributed by atoms with Crippen LogP contribution < -0.4 is 0 Å². The molecule has 0 aliphatic carbocycles. The van der Waals surface area contributed by atoms with Crippen LogP contribution >= 0.6 is 0 Å². The first-order chi connectivity index (χ1) is 12.0. The smallest absolute Gasteiger partial charge is 0.242 e. The number of ketones is 1. The maximum absolute atomic E-state index is 12.6. The summed E-state index contributed by atoms with van der Waals surface area (Å²) in [5, 5.41) is 4.73. The van der Waals surface area contributed by atoms with Gasteiger partial charge >= 0.3 is 0 Å². The lowest BCUT2D eigenvalue weighted by molar-refractivity contribution is -0.131. The number of hydrogen-bond donors (Lipinski definition) is 0. The van der Waals surface area contributed by atoms with Gasteiger partial charge in [-0.05, 0) is 18.9 Å². The molecule has 6 nitrogen and oxygen atoms in total. The molecule has 0 fully saturated rings. The third kappa shape index (κ3) is 3.33. The molecule has 3 rings (SSSR count). The van der Waals surface area contributed by atoms with Crippen LogP contribution in [0.1, 0.15) is 35.5 Å². The number of Topliss-reactive ketones (excluding diaryl/α,β-unsaturated/α-hetero) is 1. The normalized spacial score (nSPS) is 11.0. The van der Waals surface area contributed by atoms with Crippen LogP contribution in [0.15, 0.2) is 41.2 Å². The Balaban J connectivity index is 1.92. The molecule has 1 aromatic carbocycles. The average Bonchev–Trinajstić information content (AvgIpc) is 3.22. The van der Waals surface area contributed by atoms with Gasteiger partial charge in [0.15, 0.2) is 5.78 Å². The number of rotatable bonds is 6. The predicted octanol–water partition coefficient (Wildman–Crippen LogP) is 3.05. The fraction of sp³-hybridized carbons (Fsp3) is 0.316. The second-order valence-electron chi connectivity index (χ2n) is 6.13. The van der Waals surface area contributed by atoms with Gasteiger partial charge < -0.3 is 14.0 Å². The van der Waals surface area contributed by atoms with Crippen molar-refractivity contribution >= 4 is 22.6 Å². The molecule has 0 saturated heterocycles. The summed E-state index contributed by atoms with van der Waals surface area (Å²) in [6.07, 6.45) is 4.11. The number of para-hydroxylation sites is 1. The van der Waals surface area contributed by atoms with Gasteiger partial charge in [-0.15, -0.1) is 0 Å². The van der Waals surface area contributed by atoms with Crippen molar-refractivity contribution in [3.8, 4) is 0 Å². The van der Waals surface area contributed by atoms with Crippen molar-refractivity contribution in [2.24, 2.45) is 0 Å². The van der Waals surface area contributed by atoms with Gasteiger partial charge in [-0.1, -0.05) is 30.3 Å². The second-order valence-corrected chi connectivity index (χ2v) is 6.13. The van der Waals surface area contributed by atoms with Crippen LogP contribution in [0.5, 0.6) is 0 Å². The van der Waals surface area contributed by atoms with Crippen LogP contribution in [0.25, 0.3) is 10.9 Å². The lowest BCUT2D eigenvalue weighted by Crippen LogP contribution is -2.29. The fourth-order valence-corrected chi connectivity index (χ4v) is 3.05. The highest BCUT2D eigenvalue weighted by atomic mass is 16.5. The van der Waals surface area contributed by atoms with Crippen molar-refractivity contribution < 1.29 is 14.1 Å². The largest absolute Gasteiger partial charge is 0.364 e. The summed E-state index contributed by atoms with van der Waals surface area (Å²) in [6.45, 7) is 4.18. The average molecular weight is 339 g/mol. The van der Waals surface area contributed by atoms with Crippen LogP contribution in [0.3, 0.4) is 0 Å². The predicted molar refractivity (Wildman–Crippen MR) is 94.3 cm³/mol. The van der Waals surface area contributed by atoms with E-state index in [0.717, 1.165) is 22.9 Å². The number of aryl methyl sites for hydroxylation is 1. The van der Waals surface area contributed by atoms with E-state index in [1.165, 1.54) is 6.26 Å². The number of nitrogens with zero attached hydrogens (tertiary/aromatic N) is 3. The third-order valence-electron chi connectivity index (χ3n) is 4.36. The monoisotopic (exact) mass is 339 g/mol. The van der Waals surface area contributed by atoms with E-state index in [4.69, 9.17) is 4.52 Å². The van der Waals surface area contributed by atoms with E-state index < -0.39 is 0 Å². The number of likely N-dealkylation sites (N-methyl/N-ethyl adjacent to an activating group) is 1. The molecule has 0 N–H and O–H groups in total. The molecule has 130 valence electrons. The molecule has 2 heterocycles. The van der Waals surface area contributed by atoms with E-state index in [1.807, 2.05) is 22.8 Å². The first-order valence-corrected chi connectivity index (χ1v) is 8.26. The Morgan fingerprint density at radius 1 is 1.28 bits per heavy atom. The first-order valence-electron chi connectivity index (χ1n) is 8.26. The Labute approximate surface area is 146 Å². The fourth-order valence-electron chi connectivity index (χ4n) is 3.05. The minimum absolute atomic E-state index is 0.000374. The number of carbonyl (C=O) groups is 2. The number of amides is 1. The van der Waals surface area contributed by atoms with Gasteiger partial charge in [0.25, 0.3) is 0 Å². The lowest BCUT2D eigenvalue weighted by Gasteiger charge is -2.17. The van der Waals surface area contributed by atoms with E-state index in [9.17, 15) is 9.59 Å². The number of aromatic nitrogens is 2. The highest BCUT2D eigenvalue weighted by molar-refractivity contribution is 6.07. The molecule has 0 atom stereocenters. The van der Waals surface area contributed by atoms with E-state index in [1.54, 1.807) is 31.1 Å². The summed E-state index contributed by atoms with van der Waals surface area (Å²) < 4.78 is 6.68. The standard InChI is InChI=1S/C19H21N3O3/c1-4-14-6-5-7-16-17(13(2)23)11-22(19(14)16)12-18(24)21(3)10-15-8-9-25-20-15/h5-9,11H,4,10,12H2,1-3H3. The summed E-state index contributed by atoms with van der Waals surface area (Å²) in [4.78, 5) is 26.2. The van der Waals surface area contributed by atoms with E-state index >= 15 is 0 Å². The summed E-state index contributed by atoms with van der Waals surface area (Å²) in [7, 11) is 1.73. The zero-order valence-electron chi connectivity index (χ0n) is 14.7. The zero-order chi connectivity index (χ0) is 18.0. The van der Waals surface area contributed by atoms with Gasteiger partial charge in [-0.25, -0.2) is 0 Å². The molecule has 1 amide bonds. The molecule has 0 unspecified atom stereocenters. The van der Waals surface area contributed by atoms with Gasteiger partial charge in [-0.3, -0.25) is 9.59 Å². The topological polar surface area (TPSA) is 68.3 Å². The first kappa shape index (κ1) is 17.0. The Kier molecular flexibility index (Phi) is 4.70. The van der Waals surface area contributed by atoms with Crippen LogP contribution in [0.4, 0.5) is 0 Å². The van der Waals surface area contributed by atoms with Gasteiger partial charge in [0, 0.05) is 30.3 Å². The molecule has 0 radical (unpaired) electrons. The molecule has 3 aromatic rings. The summed E-state index contributed by atoms with van der Waals surface area (Å²) >= 11 is 0. The molecule has 25 heavy (non-hydrogen) atoms. The molecule has 0 aliphatic rings. The minimum atomic E-state index is -0.0547. The number of fused-ring (bicyclic) bond motifs is 1. The third-order valence-corrected chi connectivity index (χ3v) is 4.36. The van der Waals surface area contributed by atoms with Gasteiger partial charge in [-0.2, -0.15) is 0 Å². The maximum Gasteiger partial charge on any atom is 0.242 e. The molecular formula is C19H21N3O3. The van der Waals surface area contributed by atoms with Gasteiger partial charge in [0.1, 0.15) is 18.5 Å². The van der Waals surface area contributed by atoms with E-state index in [2.05, 4.69) is 12.1 Å².